The smallest absolute Gasteiger partial charge is 0.354 e. The zero-order valence-electron chi connectivity index (χ0n) is 7.06. The summed E-state index contributed by atoms with van der Waals surface area (Å²) in [7, 11) is 0. The number of ether oxygens (including phenoxy) is 1. The standard InChI is InChI=1S/C10H9NO2/c12-10(9-6-11-9)13-7-8-4-2-1-3-5-8/h1-5H,6-7H2. The van der Waals surface area contributed by atoms with Gasteiger partial charge in [-0.05, 0) is 5.56 Å². The van der Waals surface area contributed by atoms with Crippen molar-refractivity contribution in [1.29, 1.82) is 0 Å². The Morgan fingerprint density at radius 1 is 1.38 bits per heavy atom. The third kappa shape index (κ3) is 2.15. The van der Waals surface area contributed by atoms with Gasteiger partial charge in [0.2, 0.25) is 0 Å². The second-order valence-electron chi connectivity index (χ2n) is 2.82. The Kier molecular flexibility index (Phi) is 2.08. The van der Waals surface area contributed by atoms with Gasteiger partial charge in [-0.3, -0.25) is 4.99 Å². The second-order valence-corrected chi connectivity index (χ2v) is 2.82. The molecule has 1 aromatic carbocycles. The lowest BCUT2D eigenvalue weighted by atomic mass is 10.2. The molecule has 0 amide bonds. The average Bonchev–Trinajstić information content (AvgIpc) is 2.99. The van der Waals surface area contributed by atoms with E-state index in [9.17, 15) is 4.79 Å². The van der Waals surface area contributed by atoms with Crippen LogP contribution in [-0.2, 0) is 16.1 Å². The number of aliphatic imine (C=N–C) groups is 1. The number of carbonyl (C=O) groups is 1. The summed E-state index contributed by atoms with van der Waals surface area (Å²) >= 11 is 0. The van der Waals surface area contributed by atoms with Crippen LogP contribution in [-0.4, -0.2) is 18.2 Å². The van der Waals surface area contributed by atoms with Crippen molar-refractivity contribution < 1.29 is 9.53 Å². The first-order valence-corrected chi connectivity index (χ1v) is 4.10. The summed E-state index contributed by atoms with van der Waals surface area (Å²) in [5.41, 5.74) is 1.55. The Balaban J connectivity index is 1.85. The molecule has 0 aliphatic carbocycles. The fourth-order valence-corrected chi connectivity index (χ4v) is 0.975. The minimum absolute atomic E-state index is 0.288. The highest BCUT2D eigenvalue weighted by Crippen LogP contribution is 2.04. The lowest BCUT2D eigenvalue weighted by Gasteiger charge is -2.00. The van der Waals surface area contributed by atoms with Crippen LogP contribution in [0.25, 0.3) is 0 Å². The monoisotopic (exact) mass is 175 g/mol. The van der Waals surface area contributed by atoms with Gasteiger partial charge in [0.1, 0.15) is 12.3 Å². The summed E-state index contributed by atoms with van der Waals surface area (Å²) in [6.07, 6.45) is 0. The van der Waals surface area contributed by atoms with Gasteiger partial charge in [0.15, 0.2) is 0 Å². The lowest BCUT2D eigenvalue weighted by Crippen LogP contribution is -2.09. The van der Waals surface area contributed by atoms with E-state index >= 15 is 0 Å². The van der Waals surface area contributed by atoms with Gasteiger partial charge in [-0.25, -0.2) is 4.79 Å². The van der Waals surface area contributed by atoms with Crippen molar-refractivity contribution in [3.63, 3.8) is 0 Å². The van der Waals surface area contributed by atoms with E-state index in [4.69, 9.17) is 4.74 Å². The largest absolute Gasteiger partial charge is 0.456 e. The van der Waals surface area contributed by atoms with Gasteiger partial charge in [-0.15, -0.1) is 0 Å². The van der Waals surface area contributed by atoms with E-state index in [0.29, 0.717) is 18.9 Å². The zero-order valence-corrected chi connectivity index (χ0v) is 7.06. The highest BCUT2D eigenvalue weighted by Gasteiger charge is 2.20. The molecule has 0 unspecified atom stereocenters. The molecular formula is C10H9NO2. The minimum atomic E-state index is -0.288. The summed E-state index contributed by atoms with van der Waals surface area (Å²) in [6, 6.07) is 9.59. The van der Waals surface area contributed by atoms with Gasteiger partial charge >= 0.3 is 5.97 Å². The maximum Gasteiger partial charge on any atom is 0.354 e. The first-order chi connectivity index (χ1) is 6.36. The SMILES string of the molecule is O=C(OCc1ccccc1)C1=NC1. The van der Waals surface area contributed by atoms with E-state index in [2.05, 4.69) is 4.99 Å². The van der Waals surface area contributed by atoms with Crippen molar-refractivity contribution in [3.05, 3.63) is 35.9 Å². The van der Waals surface area contributed by atoms with Crippen molar-refractivity contribution in [3.8, 4) is 0 Å². The number of benzene rings is 1. The van der Waals surface area contributed by atoms with Crippen LogP contribution in [0.4, 0.5) is 0 Å². The Bertz CT molecular complexity index is 343. The maximum atomic E-state index is 11.0. The normalized spacial score (nSPS) is 13.4. The van der Waals surface area contributed by atoms with Crippen LogP contribution < -0.4 is 0 Å². The van der Waals surface area contributed by atoms with Gasteiger partial charge in [0, 0.05) is 0 Å². The van der Waals surface area contributed by atoms with Gasteiger partial charge in [-0.1, -0.05) is 30.3 Å². The van der Waals surface area contributed by atoms with Gasteiger partial charge in [0.05, 0.1) is 6.54 Å². The van der Waals surface area contributed by atoms with E-state index in [1.165, 1.54) is 0 Å². The average molecular weight is 175 g/mol. The highest BCUT2D eigenvalue weighted by atomic mass is 16.5. The summed E-state index contributed by atoms with van der Waals surface area (Å²) in [5.74, 6) is -0.288. The number of nitrogens with zero attached hydrogens (tertiary/aromatic N) is 1. The lowest BCUT2D eigenvalue weighted by molar-refractivity contribution is -0.136. The number of esters is 1. The van der Waals surface area contributed by atoms with E-state index in [-0.39, 0.29) is 5.97 Å². The summed E-state index contributed by atoms with van der Waals surface area (Å²) < 4.78 is 4.98. The molecule has 1 aliphatic rings. The summed E-state index contributed by atoms with van der Waals surface area (Å²) in [5, 5.41) is 0. The van der Waals surface area contributed by atoms with Crippen LogP contribution in [0.2, 0.25) is 0 Å². The quantitative estimate of drug-likeness (QED) is 0.647. The Morgan fingerprint density at radius 2 is 2.08 bits per heavy atom. The molecule has 0 aromatic heterocycles. The summed E-state index contributed by atoms with van der Waals surface area (Å²) in [4.78, 5) is 14.8. The van der Waals surface area contributed by atoms with Crippen LogP contribution in [0.15, 0.2) is 35.3 Å². The van der Waals surface area contributed by atoms with Crippen LogP contribution in [0.5, 0.6) is 0 Å². The van der Waals surface area contributed by atoms with E-state index in [1.54, 1.807) is 0 Å². The van der Waals surface area contributed by atoms with Crippen molar-refractivity contribution in [1.82, 2.24) is 0 Å². The predicted molar refractivity (Wildman–Crippen MR) is 48.5 cm³/mol. The number of hydrogen-bond acceptors (Lipinski definition) is 3. The summed E-state index contributed by atoms with van der Waals surface area (Å²) in [6.45, 7) is 0.881. The maximum absolute atomic E-state index is 11.0. The Labute approximate surface area is 76.1 Å². The molecule has 0 N–H and O–H groups in total. The molecule has 0 saturated carbocycles. The molecule has 0 atom stereocenters. The molecule has 0 spiro atoms. The second kappa shape index (κ2) is 3.39. The molecule has 3 heteroatoms. The minimum Gasteiger partial charge on any atom is -0.456 e. The molecule has 1 heterocycles. The van der Waals surface area contributed by atoms with Crippen LogP contribution >= 0.6 is 0 Å². The molecule has 66 valence electrons. The Morgan fingerprint density at radius 3 is 2.69 bits per heavy atom. The predicted octanol–water partition coefficient (Wildman–Crippen LogP) is 1.18. The van der Waals surface area contributed by atoms with Crippen LogP contribution in [0, 0.1) is 0 Å². The first kappa shape index (κ1) is 7.98. The van der Waals surface area contributed by atoms with Crippen molar-refractivity contribution in [2.75, 3.05) is 6.54 Å². The van der Waals surface area contributed by atoms with Crippen molar-refractivity contribution in [2.24, 2.45) is 4.99 Å². The van der Waals surface area contributed by atoms with Crippen molar-refractivity contribution in [2.45, 2.75) is 6.61 Å². The fraction of sp³-hybridized carbons (Fsp3) is 0.200. The number of rotatable bonds is 3. The molecular weight excluding hydrogens is 166 g/mol. The molecule has 13 heavy (non-hydrogen) atoms. The Hall–Kier alpha value is -1.64. The number of carbonyl (C=O) groups excluding carboxylic acids is 1. The molecule has 1 aliphatic heterocycles. The zero-order chi connectivity index (χ0) is 9.10. The molecule has 0 saturated heterocycles. The van der Waals surface area contributed by atoms with Gasteiger partial charge in [-0.2, -0.15) is 0 Å². The van der Waals surface area contributed by atoms with E-state index in [1.807, 2.05) is 30.3 Å². The fourth-order valence-electron chi connectivity index (χ4n) is 0.975. The van der Waals surface area contributed by atoms with Crippen LogP contribution in [0.3, 0.4) is 0 Å². The number of hydrogen-bond donors (Lipinski definition) is 0. The van der Waals surface area contributed by atoms with Gasteiger partial charge < -0.3 is 4.74 Å². The molecule has 0 radical (unpaired) electrons. The molecule has 0 bridgehead atoms. The third-order valence-electron chi connectivity index (χ3n) is 1.76. The van der Waals surface area contributed by atoms with Gasteiger partial charge in [0.25, 0.3) is 0 Å². The van der Waals surface area contributed by atoms with Crippen molar-refractivity contribution >= 4 is 11.7 Å². The molecule has 0 fully saturated rings. The third-order valence-corrected chi connectivity index (χ3v) is 1.76. The highest BCUT2D eigenvalue weighted by molar-refractivity contribution is 6.42. The van der Waals surface area contributed by atoms with E-state index in [0.717, 1.165) is 5.56 Å². The van der Waals surface area contributed by atoms with Crippen LogP contribution in [0.1, 0.15) is 5.56 Å². The topological polar surface area (TPSA) is 38.7 Å². The molecule has 2 rings (SSSR count). The van der Waals surface area contributed by atoms with E-state index < -0.39 is 0 Å². The molecule has 3 nitrogen and oxygen atoms in total. The first-order valence-electron chi connectivity index (χ1n) is 4.10. The molecule has 1 aromatic rings.